The fraction of sp³-hybridized carbons (Fsp3) is 0.632. The maximum atomic E-state index is 5.71. The van der Waals surface area contributed by atoms with Crippen LogP contribution in [-0.2, 0) is 15.9 Å². The monoisotopic (exact) mass is 333 g/mol. The van der Waals surface area contributed by atoms with E-state index in [4.69, 9.17) is 9.47 Å². The van der Waals surface area contributed by atoms with Crippen LogP contribution in [-0.4, -0.2) is 52.0 Å². The predicted molar refractivity (Wildman–Crippen MR) is 98.5 cm³/mol. The van der Waals surface area contributed by atoms with Gasteiger partial charge in [-0.3, -0.25) is 4.99 Å². The third-order valence-corrected chi connectivity index (χ3v) is 3.99. The molecule has 0 radical (unpaired) electrons. The SMILES string of the molecule is CCNC(=NCCCOCC1CCOC1)NCCc1ccccc1. The summed E-state index contributed by atoms with van der Waals surface area (Å²) in [5.41, 5.74) is 1.34. The molecule has 0 saturated carbocycles. The van der Waals surface area contributed by atoms with Gasteiger partial charge in [-0.15, -0.1) is 0 Å². The first-order valence-electron chi connectivity index (χ1n) is 9.10. The summed E-state index contributed by atoms with van der Waals surface area (Å²) in [5, 5.41) is 6.67. The standard InChI is InChI=1S/C19H31N3O2/c1-2-20-19(22-12-9-17-7-4-3-5-8-17)21-11-6-13-23-15-18-10-14-24-16-18/h3-5,7-8,18H,2,6,9-16H2,1H3,(H2,20,21,22). The molecule has 1 unspecified atom stereocenters. The lowest BCUT2D eigenvalue weighted by Crippen LogP contribution is -2.38. The average Bonchev–Trinajstić information content (AvgIpc) is 3.12. The molecule has 1 aromatic carbocycles. The quantitative estimate of drug-likeness (QED) is 0.392. The number of benzene rings is 1. The fourth-order valence-corrected chi connectivity index (χ4v) is 2.63. The predicted octanol–water partition coefficient (Wildman–Crippen LogP) is 2.23. The zero-order chi connectivity index (χ0) is 16.9. The Bertz CT molecular complexity index is 459. The Labute approximate surface area is 145 Å². The summed E-state index contributed by atoms with van der Waals surface area (Å²) in [5.74, 6) is 1.48. The summed E-state index contributed by atoms with van der Waals surface area (Å²) in [4.78, 5) is 4.60. The van der Waals surface area contributed by atoms with Gasteiger partial charge in [-0.25, -0.2) is 0 Å². The van der Waals surface area contributed by atoms with Crippen molar-refractivity contribution in [2.24, 2.45) is 10.9 Å². The molecule has 2 rings (SSSR count). The van der Waals surface area contributed by atoms with Crippen LogP contribution in [0.4, 0.5) is 0 Å². The molecule has 0 amide bonds. The maximum Gasteiger partial charge on any atom is 0.191 e. The summed E-state index contributed by atoms with van der Waals surface area (Å²) in [6, 6.07) is 10.5. The van der Waals surface area contributed by atoms with E-state index >= 15 is 0 Å². The Kier molecular flexibility index (Phi) is 9.27. The second-order valence-corrected chi connectivity index (χ2v) is 6.08. The highest BCUT2D eigenvalue weighted by atomic mass is 16.5. The highest BCUT2D eigenvalue weighted by Crippen LogP contribution is 2.12. The lowest BCUT2D eigenvalue weighted by molar-refractivity contribution is 0.0893. The van der Waals surface area contributed by atoms with Crippen molar-refractivity contribution < 1.29 is 9.47 Å². The molecule has 0 bridgehead atoms. The number of ether oxygens (including phenoxy) is 2. The molecule has 1 atom stereocenters. The number of aliphatic imine (C=N–C) groups is 1. The van der Waals surface area contributed by atoms with Gasteiger partial charge < -0.3 is 20.1 Å². The van der Waals surface area contributed by atoms with Crippen molar-refractivity contribution in [3.8, 4) is 0 Å². The zero-order valence-electron chi connectivity index (χ0n) is 14.8. The van der Waals surface area contributed by atoms with E-state index in [1.807, 2.05) is 6.07 Å². The third kappa shape index (κ3) is 7.79. The third-order valence-electron chi connectivity index (χ3n) is 3.99. The largest absolute Gasteiger partial charge is 0.381 e. The molecule has 1 aliphatic heterocycles. The zero-order valence-corrected chi connectivity index (χ0v) is 14.8. The smallest absolute Gasteiger partial charge is 0.191 e. The lowest BCUT2D eigenvalue weighted by Gasteiger charge is -2.11. The van der Waals surface area contributed by atoms with E-state index in [1.165, 1.54) is 5.56 Å². The number of nitrogens with one attached hydrogen (secondary N) is 2. The molecule has 1 aromatic rings. The van der Waals surface area contributed by atoms with E-state index < -0.39 is 0 Å². The van der Waals surface area contributed by atoms with Crippen molar-refractivity contribution in [1.82, 2.24) is 10.6 Å². The number of hydrogen-bond donors (Lipinski definition) is 2. The maximum absolute atomic E-state index is 5.71. The van der Waals surface area contributed by atoms with Crippen molar-refractivity contribution in [3.05, 3.63) is 35.9 Å². The summed E-state index contributed by atoms with van der Waals surface area (Å²) < 4.78 is 11.1. The summed E-state index contributed by atoms with van der Waals surface area (Å²) in [6.45, 7) is 7.95. The normalized spacial score (nSPS) is 17.9. The first-order valence-corrected chi connectivity index (χ1v) is 9.10. The van der Waals surface area contributed by atoms with Gasteiger partial charge in [0.2, 0.25) is 0 Å². The Balaban J connectivity index is 1.57. The molecule has 2 N–H and O–H groups in total. The van der Waals surface area contributed by atoms with E-state index in [0.29, 0.717) is 5.92 Å². The van der Waals surface area contributed by atoms with Crippen molar-refractivity contribution in [2.75, 3.05) is 46.1 Å². The number of nitrogens with zero attached hydrogens (tertiary/aromatic N) is 1. The van der Waals surface area contributed by atoms with Crippen LogP contribution in [0, 0.1) is 5.92 Å². The Morgan fingerprint density at radius 2 is 2.17 bits per heavy atom. The van der Waals surface area contributed by atoms with E-state index in [9.17, 15) is 0 Å². The van der Waals surface area contributed by atoms with Gasteiger partial charge in [0.25, 0.3) is 0 Å². The van der Waals surface area contributed by atoms with Crippen LogP contribution < -0.4 is 10.6 Å². The molecule has 1 fully saturated rings. The van der Waals surface area contributed by atoms with E-state index in [2.05, 4.69) is 46.8 Å². The molecular weight excluding hydrogens is 302 g/mol. The van der Waals surface area contributed by atoms with Gasteiger partial charge in [-0.05, 0) is 31.7 Å². The van der Waals surface area contributed by atoms with Crippen molar-refractivity contribution in [3.63, 3.8) is 0 Å². The minimum atomic E-state index is 0.588. The first kappa shape index (κ1) is 18.7. The molecular formula is C19H31N3O2. The lowest BCUT2D eigenvalue weighted by atomic mass is 10.1. The van der Waals surface area contributed by atoms with Gasteiger partial charge in [-0.1, -0.05) is 30.3 Å². The highest BCUT2D eigenvalue weighted by Gasteiger charge is 2.15. The minimum Gasteiger partial charge on any atom is -0.381 e. The van der Waals surface area contributed by atoms with Crippen LogP contribution in [0.3, 0.4) is 0 Å². The summed E-state index contributed by atoms with van der Waals surface area (Å²) in [6.07, 6.45) is 3.08. The van der Waals surface area contributed by atoms with Gasteiger partial charge in [-0.2, -0.15) is 0 Å². The van der Waals surface area contributed by atoms with Gasteiger partial charge in [0, 0.05) is 38.8 Å². The molecule has 0 spiro atoms. The van der Waals surface area contributed by atoms with Gasteiger partial charge >= 0.3 is 0 Å². The molecule has 5 nitrogen and oxygen atoms in total. The van der Waals surface area contributed by atoms with Gasteiger partial charge in [0.05, 0.1) is 13.2 Å². The average molecular weight is 333 g/mol. The van der Waals surface area contributed by atoms with Crippen LogP contribution in [0.2, 0.25) is 0 Å². The molecule has 1 saturated heterocycles. The van der Waals surface area contributed by atoms with Crippen LogP contribution in [0.15, 0.2) is 35.3 Å². The first-order chi connectivity index (χ1) is 11.9. The highest BCUT2D eigenvalue weighted by molar-refractivity contribution is 5.79. The van der Waals surface area contributed by atoms with E-state index in [1.54, 1.807) is 0 Å². The Morgan fingerprint density at radius 1 is 1.29 bits per heavy atom. The van der Waals surface area contributed by atoms with E-state index in [-0.39, 0.29) is 0 Å². The topological polar surface area (TPSA) is 54.9 Å². The Morgan fingerprint density at radius 3 is 2.92 bits per heavy atom. The van der Waals surface area contributed by atoms with Crippen LogP contribution in [0.5, 0.6) is 0 Å². The molecule has 134 valence electrons. The Hall–Kier alpha value is -1.59. The van der Waals surface area contributed by atoms with Crippen molar-refractivity contribution in [2.45, 2.75) is 26.2 Å². The summed E-state index contributed by atoms with van der Waals surface area (Å²) in [7, 11) is 0. The van der Waals surface area contributed by atoms with Crippen LogP contribution in [0.25, 0.3) is 0 Å². The molecule has 5 heteroatoms. The molecule has 0 aliphatic carbocycles. The molecule has 0 aromatic heterocycles. The molecule has 1 heterocycles. The molecule has 1 aliphatic rings. The fourth-order valence-electron chi connectivity index (χ4n) is 2.63. The second-order valence-electron chi connectivity index (χ2n) is 6.08. The van der Waals surface area contributed by atoms with E-state index in [0.717, 1.165) is 71.3 Å². The second kappa shape index (κ2) is 11.9. The van der Waals surface area contributed by atoms with Crippen molar-refractivity contribution in [1.29, 1.82) is 0 Å². The number of guanidine groups is 1. The minimum absolute atomic E-state index is 0.588. The van der Waals surface area contributed by atoms with Gasteiger partial charge in [0.1, 0.15) is 0 Å². The van der Waals surface area contributed by atoms with Crippen LogP contribution >= 0.6 is 0 Å². The van der Waals surface area contributed by atoms with Crippen LogP contribution in [0.1, 0.15) is 25.3 Å². The van der Waals surface area contributed by atoms with Crippen molar-refractivity contribution >= 4 is 5.96 Å². The number of rotatable bonds is 10. The van der Waals surface area contributed by atoms with Gasteiger partial charge in [0.15, 0.2) is 5.96 Å². The number of hydrogen-bond acceptors (Lipinski definition) is 3. The molecule has 24 heavy (non-hydrogen) atoms. The summed E-state index contributed by atoms with van der Waals surface area (Å²) >= 11 is 0.